The molecule has 0 radical (unpaired) electrons. The van der Waals surface area contributed by atoms with Crippen LogP contribution in [0.1, 0.15) is 18.4 Å². The Bertz CT molecular complexity index is 815. The van der Waals surface area contributed by atoms with Crippen LogP contribution in [-0.2, 0) is 11.3 Å². The van der Waals surface area contributed by atoms with Crippen molar-refractivity contribution in [3.8, 4) is 0 Å². The second kappa shape index (κ2) is 10.3. The fourth-order valence-electron chi connectivity index (χ4n) is 4.67. The SMILES string of the molecule is O=C(C[NH+]1CCN(c2cccc(Cl)c2)CC1)NC1CC[NH+](Cc2ccccc2)CC1. The first-order valence-corrected chi connectivity index (χ1v) is 11.5. The number of carbonyl (C=O) groups excluding carboxylic acids is 1. The average molecular weight is 429 g/mol. The zero-order valence-electron chi connectivity index (χ0n) is 17.6. The first kappa shape index (κ1) is 21.2. The van der Waals surface area contributed by atoms with Crippen molar-refractivity contribution >= 4 is 23.2 Å². The van der Waals surface area contributed by atoms with Crippen LogP contribution in [0.25, 0.3) is 0 Å². The predicted octanol–water partition coefficient (Wildman–Crippen LogP) is 0.409. The molecular formula is C24H33ClN4O+2. The highest BCUT2D eigenvalue weighted by atomic mass is 35.5. The summed E-state index contributed by atoms with van der Waals surface area (Å²) in [4.78, 5) is 17.9. The Morgan fingerprint density at radius 3 is 2.40 bits per heavy atom. The number of halogens is 1. The van der Waals surface area contributed by atoms with Gasteiger partial charge in [-0.1, -0.05) is 48.0 Å². The van der Waals surface area contributed by atoms with Gasteiger partial charge in [-0.3, -0.25) is 4.79 Å². The molecule has 2 heterocycles. The van der Waals surface area contributed by atoms with Crippen LogP contribution >= 0.6 is 11.6 Å². The number of likely N-dealkylation sites (tertiary alicyclic amines) is 1. The standard InChI is InChI=1S/C24H31ClN4O/c25-21-7-4-8-23(17-21)29-15-13-28(14-16-29)19-24(30)26-22-9-11-27(12-10-22)18-20-5-2-1-3-6-20/h1-8,17,22H,9-16,18-19H2,(H,26,30)/p+2. The Labute approximate surface area is 184 Å². The van der Waals surface area contributed by atoms with Gasteiger partial charge >= 0.3 is 0 Å². The average Bonchev–Trinajstić information content (AvgIpc) is 2.76. The number of hydrogen-bond acceptors (Lipinski definition) is 2. The molecule has 2 aliphatic heterocycles. The third-order valence-electron chi connectivity index (χ3n) is 6.41. The van der Waals surface area contributed by atoms with Crippen LogP contribution in [0.15, 0.2) is 54.6 Å². The highest BCUT2D eigenvalue weighted by Gasteiger charge is 2.26. The number of benzene rings is 2. The van der Waals surface area contributed by atoms with Gasteiger partial charge in [0.1, 0.15) is 6.54 Å². The number of amides is 1. The van der Waals surface area contributed by atoms with Crippen molar-refractivity contribution in [3.63, 3.8) is 0 Å². The van der Waals surface area contributed by atoms with Crippen molar-refractivity contribution in [1.82, 2.24) is 5.32 Å². The Kier molecular flexibility index (Phi) is 7.26. The van der Waals surface area contributed by atoms with Crippen molar-refractivity contribution in [2.75, 3.05) is 50.7 Å². The van der Waals surface area contributed by atoms with Gasteiger partial charge in [0.2, 0.25) is 0 Å². The Hall–Kier alpha value is -2.08. The van der Waals surface area contributed by atoms with Crippen molar-refractivity contribution in [2.45, 2.75) is 25.4 Å². The van der Waals surface area contributed by atoms with Gasteiger partial charge < -0.3 is 20.0 Å². The van der Waals surface area contributed by atoms with Gasteiger partial charge in [-0.05, 0) is 18.2 Å². The topological polar surface area (TPSA) is 41.2 Å². The van der Waals surface area contributed by atoms with Crippen LogP contribution in [0.3, 0.4) is 0 Å². The van der Waals surface area contributed by atoms with Crippen LogP contribution in [0.2, 0.25) is 5.02 Å². The molecule has 0 bridgehead atoms. The zero-order valence-corrected chi connectivity index (χ0v) is 18.3. The molecule has 2 fully saturated rings. The van der Waals surface area contributed by atoms with Gasteiger partial charge in [0.15, 0.2) is 6.54 Å². The zero-order chi connectivity index (χ0) is 20.8. The molecule has 0 aromatic heterocycles. The Morgan fingerprint density at radius 1 is 0.967 bits per heavy atom. The number of quaternary nitrogens is 2. The fourth-order valence-corrected chi connectivity index (χ4v) is 4.85. The summed E-state index contributed by atoms with van der Waals surface area (Å²) in [5, 5.41) is 4.07. The lowest BCUT2D eigenvalue weighted by Crippen LogP contribution is -3.16. The van der Waals surface area contributed by atoms with E-state index in [1.165, 1.54) is 16.2 Å². The maximum absolute atomic E-state index is 12.6. The van der Waals surface area contributed by atoms with E-state index in [0.29, 0.717) is 12.6 Å². The van der Waals surface area contributed by atoms with Crippen LogP contribution in [-0.4, -0.2) is 57.8 Å². The van der Waals surface area contributed by atoms with Crippen molar-refractivity contribution < 1.29 is 14.6 Å². The lowest BCUT2D eigenvalue weighted by molar-refractivity contribution is -0.918. The summed E-state index contributed by atoms with van der Waals surface area (Å²) in [6.07, 6.45) is 2.15. The van der Waals surface area contributed by atoms with E-state index >= 15 is 0 Å². The number of anilines is 1. The van der Waals surface area contributed by atoms with E-state index in [1.54, 1.807) is 4.90 Å². The second-order valence-electron chi connectivity index (χ2n) is 8.65. The highest BCUT2D eigenvalue weighted by Crippen LogP contribution is 2.19. The molecule has 0 spiro atoms. The molecule has 1 amide bonds. The minimum absolute atomic E-state index is 0.206. The minimum atomic E-state index is 0.206. The number of nitrogens with zero attached hydrogens (tertiary/aromatic N) is 1. The summed E-state index contributed by atoms with van der Waals surface area (Å²) in [7, 11) is 0. The van der Waals surface area contributed by atoms with Gasteiger partial charge in [-0.2, -0.15) is 0 Å². The molecule has 6 heteroatoms. The summed E-state index contributed by atoms with van der Waals surface area (Å²) in [5.41, 5.74) is 2.58. The summed E-state index contributed by atoms with van der Waals surface area (Å²) in [6.45, 7) is 7.83. The molecule has 0 aliphatic carbocycles. The van der Waals surface area contributed by atoms with Gasteiger partial charge in [0.25, 0.3) is 5.91 Å². The number of carbonyl (C=O) groups is 1. The molecule has 0 saturated carbocycles. The molecule has 2 aromatic rings. The van der Waals surface area contributed by atoms with Crippen LogP contribution in [0, 0.1) is 0 Å². The summed E-state index contributed by atoms with van der Waals surface area (Å²) >= 11 is 6.12. The van der Waals surface area contributed by atoms with Gasteiger partial charge in [0, 0.05) is 35.2 Å². The maximum Gasteiger partial charge on any atom is 0.275 e. The molecule has 2 aromatic carbocycles. The summed E-state index contributed by atoms with van der Waals surface area (Å²) in [6, 6.07) is 19.1. The third-order valence-corrected chi connectivity index (χ3v) is 6.64. The highest BCUT2D eigenvalue weighted by molar-refractivity contribution is 6.30. The maximum atomic E-state index is 12.6. The molecule has 0 unspecified atom stereocenters. The predicted molar refractivity (Wildman–Crippen MR) is 121 cm³/mol. The first-order valence-electron chi connectivity index (χ1n) is 11.2. The van der Waals surface area contributed by atoms with Crippen molar-refractivity contribution in [2.24, 2.45) is 0 Å². The normalized spacial score (nSPS) is 22.6. The van der Waals surface area contributed by atoms with Gasteiger partial charge in [-0.15, -0.1) is 0 Å². The Morgan fingerprint density at radius 2 is 1.70 bits per heavy atom. The minimum Gasteiger partial charge on any atom is -0.360 e. The van der Waals surface area contributed by atoms with Crippen LogP contribution in [0.5, 0.6) is 0 Å². The van der Waals surface area contributed by atoms with Gasteiger partial charge in [0.05, 0.1) is 39.3 Å². The summed E-state index contributed by atoms with van der Waals surface area (Å²) in [5.74, 6) is 0.206. The number of hydrogen-bond donors (Lipinski definition) is 3. The molecule has 2 aliphatic rings. The largest absolute Gasteiger partial charge is 0.360 e. The smallest absolute Gasteiger partial charge is 0.275 e. The molecule has 4 rings (SSSR count). The number of piperazine rings is 1. The first-order chi connectivity index (χ1) is 14.7. The lowest BCUT2D eigenvalue weighted by atomic mass is 10.0. The van der Waals surface area contributed by atoms with Crippen molar-refractivity contribution in [1.29, 1.82) is 0 Å². The number of rotatable bonds is 6. The molecule has 0 atom stereocenters. The molecular weight excluding hydrogens is 396 g/mol. The lowest BCUT2D eigenvalue weighted by Gasteiger charge is -2.34. The molecule has 30 heavy (non-hydrogen) atoms. The number of nitrogens with one attached hydrogen (secondary N) is 3. The third kappa shape index (κ3) is 5.97. The molecule has 2 saturated heterocycles. The monoisotopic (exact) mass is 428 g/mol. The van der Waals surface area contributed by atoms with Crippen molar-refractivity contribution in [3.05, 3.63) is 65.2 Å². The van der Waals surface area contributed by atoms with Crippen LogP contribution in [0.4, 0.5) is 5.69 Å². The van der Waals surface area contributed by atoms with E-state index < -0.39 is 0 Å². The second-order valence-corrected chi connectivity index (χ2v) is 9.08. The van der Waals surface area contributed by atoms with E-state index in [1.807, 2.05) is 18.2 Å². The fraction of sp³-hybridized carbons (Fsp3) is 0.458. The van der Waals surface area contributed by atoms with E-state index in [4.69, 9.17) is 11.6 Å². The van der Waals surface area contributed by atoms with E-state index in [-0.39, 0.29) is 5.91 Å². The van der Waals surface area contributed by atoms with E-state index in [0.717, 1.165) is 63.7 Å². The van der Waals surface area contributed by atoms with Gasteiger partial charge in [-0.25, -0.2) is 0 Å². The molecule has 3 N–H and O–H groups in total. The number of piperidine rings is 1. The Balaban J connectivity index is 1.15. The van der Waals surface area contributed by atoms with E-state index in [2.05, 4.69) is 46.6 Å². The molecule has 5 nitrogen and oxygen atoms in total. The van der Waals surface area contributed by atoms with E-state index in [9.17, 15) is 4.79 Å². The molecule has 160 valence electrons. The quantitative estimate of drug-likeness (QED) is 0.623. The summed E-state index contributed by atoms with van der Waals surface area (Å²) < 4.78 is 0. The van der Waals surface area contributed by atoms with Crippen LogP contribution < -0.4 is 20.0 Å².